The first kappa shape index (κ1) is 19.5. The van der Waals surface area contributed by atoms with Gasteiger partial charge in [-0.25, -0.2) is 24.3 Å². The minimum absolute atomic E-state index is 0.131. The van der Waals surface area contributed by atoms with E-state index in [4.69, 9.17) is 0 Å². The number of nitrogens with zero attached hydrogens (tertiary/aromatic N) is 5. The Bertz CT molecular complexity index is 1220. The molecule has 0 unspecified atom stereocenters. The number of aromatic amines is 2. The highest BCUT2D eigenvalue weighted by molar-refractivity contribution is 5.82. The van der Waals surface area contributed by atoms with Gasteiger partial charge < -0.3 is 14.9 Å². The quantitative estimate of drug-likeness (QED) is 0.473. The lowest BCUT2D eigenvalue weighted by molar-refractivity contribution is -0.139. The Kier molecular flexibility index (Phi) is 4.60. The molecule has 5 rings (SSSR count). The largest absolute Gasteiger partial charge is 0.419 e. The molecule has 4 aromatic rings. The molecule has 3 aromatic heterocycles. The Morgan fingerprint density at radius 3 is 2.61 bits per heavy atom. The van der Waals surface area contributed by atoms with Crippen LogP contribution in [0.15, 0.2) is 37.1 Å². The van der Waals surface area contributed by atoms with Crippen LogP contribution in [0, 0.1) is 5.82 Å². The molecule has 0 amide bonds. The van der Waals surface area contributed by atoms with Gasteiger partial charge in [-0.05, 0) is 31.0 Å². The molecule has 160 valence electrons. The van der Waals surface area contributed by atoms with E-state index in [0.717, 1.165) is 49.4 Å². The second-order valence-corrected chi connectivity index (χ2v) is 7.43. The maximum Gasteiger partial charge on any atom is 0.419 e. The van der Waals surface area contributed by atoms with Gasteiger partial charge in [0, 0.05) is 24.6 Å². The fourth-order valence-electron chi connectivity index (χ4n) is 3.96. The molecule has 0 aliphatic carbocycles. The second-order valence-electron chi connectivity index (χ2n) is 7.43. The summed E-state index contributed by atoms with van der Waals surface area (Å²) in [6, 6.07) is 2.95. The number of halogens is 4. The van der Waals surface area contributed by atoms with Crippen LogP contribution in [-0.2, 0) is 6.18 Å². The Labute approximate surface area is 173 Å². The number of nitrogens with one attached hydrogen (secondary N) is 2. The van der Waals surface area contributed by atoms with Gasteiger partial charge in [0.25, 0.3) is 0 Å². The zero-order valence-corrected chi connectivity index (χ0v) is 16.1. The third-order valence-corrected chi connectivity index (χ3v) is 5.56. The molecule has 2 N–H and O–H groups in total. The van der Waals surface area contributed by atoms with Gasteiger partial charge in [0.2, 0.25) is 0 Å². The second kappa shape index (κ2) is 7.33. The van der Waals surface area contributed by atoms with Crippen LogP contribution in [-0.4, -0.2) is 43.0 Å². The zero-order chi connectivity index (χ0) is 21.6. The standard InChI is InChI=1S/C20H17F4N7/c21-14-2-1-12(7-13(14)20(22,23)24)15-8-25-17(30-15)11-3-5-31(6-4-11)19-16-18(27-9-26-16)28-10-29-19/h1-2,7-11H,3-6H2,(H,25,30)(H,26,27,28,29). The predicted molar refractivity (Wildman–Crippen MR) is 105 cm³/mol. The van der Waals surface area contributed by atoms with Gasteiger partial charge in [0.05, 0.1) is 23.8 Å². The Hall–Kier alpha value is -3.50. The van der Waals surface area contributed by atoms with E-state index in [1.807, 2.05) is 0 Å². The van der Waals surface area contributed by atoms with Crippen LogP contribution in [0.3, 0.4) is 0 Å². The van der Waals surface area contributed by atoms with Gasteiger partial charge >= 0.3 is 6.18 Å². The minimum atomic E-state index is -4.75. The molecular formula is C20H17F4N7. The highest BCUT2D eigenvalue weighted by Crippen LogP contribution is 2.35. The maximum atomic E-state index is 13.6. The van der Waals surface area contributed by atoms with Gasteiger partial charge in [-0.2, -0.15) is 13.2 Å². The molecule has 1 aromatic carbocycles. The van der Waals surface area contributed by atoms with Gasteiger partial charge in [0.1, 0.15) is 23.5 Å². The van der Waals surface area contributed by atoms with Crippen LogP contribution in [0.4, 0.5) is 23.4 Å². The lowest BCUT2D eigenvalue weighted by atomic mass is 9.96. The van der Waals surface area contributed by atoms with Crippen molar-refractivity contribution < 1.29 is 17.6 Å². The predicted octanol–water partition coefficient (Wildman–Crippen LogP) is 4.28. The molecule has 11 heteroatoms. The van der Waals surface area contributed by atoms with Crippen molar-refractivity contribution in [3.8, 4) is 11.3 Å². The third-order valence-electron chi connectivity index (χ3n) is 5.56. The average molecular weight is 431 g/mol. The summed E-state index contributed by atoms with van der Waals surface area (Å²) >= 11 is 0. The first-order chi connectivity index (χ1) is 14.9. The van der Waals surface area contributed by atoms with E-state index in [9.17, 15) is 17.6 Å². The molecule has 4 heterocycles. The van der Waals surface area contributed by atoms with E-state index >= 15 is 0 Å². The molecule has 0 radical (unpaired) electrons. The number of hydrogen-bond acceptors (Lipinski definition) is 5. The number of piperidine rings is 1. The summed E-state index contributed by atoms with van der Waals surface area (Å²) in [6.45, 7) is 1.47. The van der Waals surface area contributed by atoms with Crippen molar-refractivity contribution in [2.45, 2.75) is 24.9 Å². The zero-order valence-electron chi connectivity index (χ0n) is 16.1. The molecule has 1 aliphatic rings. The summed E-state index contributed by atoms with van der Waals surface area (Å²) in [5, 5.41) is 0. The third kappa shape index (κ3) is 3.60. The molecule has 7 nitrogen and oxygen atoms in total. The highest BCUT2D eigenvalue weighted by atomic mass is 19.4. The maximum absolute atomic E-state index is 13.6. The van der Waals surface area contributed by atoms with E-state index in [1.165, 1.54) is 18.6 Å². The van der Waals surface area contributed by atoms with E-state index in [-0.39, 0.29) is 11.5 Å². The van der Waals surface area contributed by atoms with Crippen molar-refractivity contribution in [2.24, 2.45) is 0 Å². The number of anilines is 1. The number of hydrogen-bond donors (Lipinski definition) is 2. The van der Waals surface area contributed by atoms with Crippen molar-refractivity contribution in [2.75, 3.05) is 18.0 Å². The monoisotopic (exact) mass is 431 g/mol. The number of alkyl halides is 3. The SMILES string of the molecule is Fc1ccc(-c2cnc(C3CCN(c4ncnc5nc[nH]c45)CC3)[nH]2)cc1C(F)(F)F. The summed E-state index contributed by atoms with van der Waals surface area (Å²) < 4.78 is 52.6. The molecular weight excluding hydrogens is 414 g/mol. The lowest BCUT2D eigenvalue weighted by Gasteiger charge is -2.32. The van der Waals surface area contributed by atoms with Crippen molar-refractivity contribution >= 4 is 17.0 Å². The summed E-state index contributed by atoms with van der Waals surface area (Å²) in [5.41, 5.74) is 0.785. The first-order valence-corrected chi connectivity index (χ1v) is 9.71. The molecule has 0 saturated carbocycles. The summed E-state index contributed by atoms with van der Waals surface area (Å²) in [5.74, 6) is 0.347. The molecule has 0 atom stereocenters. The van der Waals surface area contributed by atoms with Crippen molar-refractivity contribution in [3.05, 3.63) is 54.3 Å². The van der Waals surface area contributed by atoms with Crippen molar-refractivity contribution in [1.82, 2.24) is 29.9 Å². The molecule has 1 aliphatic heterocycles. The normalized spacial score (nSPS) is 15.7. The van der Waals surface area contributed by atoms with E-state index in [1.54, 1.807) is 6.33 Å². The van der Waals surface area contributed by atoms with E-state index in [2.05, 4.69) is 34.8 Å². The number of fused-ring (bicyclic) bond motifs is 1. The molecule has 31 heavy (non-hydrogen) atoms. The van der Waals surface area contributed by atoms with Gasteiger partial charge in [-0.3, -0.25) is 0 Å². The highest BCUT2D eigenvalue weighted by Gasteiger charge is 2.34. The summed E-state index contributed by atoms with van der Waals surface area (Å²) in [4.78, 5) is 25.4. The van der Waals surface area contributed by atoms with Gasteiger partial charge in [0.15, 0.2) is 11.5 Å². The summed E-state index contributed by atoms with van der Waals surface area (Å²) in [7, 11) is 0. The molecule has 0 spiro atoms. The van der Waals surface area contributed by atoms with Crippen molar-refractivity contribution in [3.63, 3.8) is 0 Å². The van der Waals surface area contributed by atoms with Crippen LogP contribution in [0.25, 0.3) is 22.4 Å². The Balaban J connectivity index is 1.32. The molecule has 1 saturated heterocycles. The Morgan fingerprint density at radius 2 is 1.84 bits per heavy atom. The van der Waals surface area contributed by atoms with Crippen molar-refractivity contribution in [1.29, 1.82) is 0 Å². The number of benzene rings is 1. The fourth-order valence-corrected chi connectivity index (χ4v) is 3.96. The van der Waals surface area contributed by atoms with Crippen LogP contribution in [0.1, 0.15) is 30.1 Å². The van der Waals surface area contributed by atoms with Crippen LogP contribution < -0.4 is 4.90 Å². The van der Waals surface area contributed by atoms with Gasteiger partial charge in [-0.15, -0.1) is 0 Å². The smallest absolute Gasteiger partial charge is 0.355 e. The number of rotatable bonds is 3. The lowest BCUT2D eigenvalue weighted by Crippen LogP contribution is -2.34. The fraction of sp³-hybridized carbons (Fsp3) is 0.300. The van der Waals surface area contributed by atoms with Crippen LogP contribution >= 0.6 is 0 Å². The van der Waals surface area contributed by atoms with Gasteiger partial charge in [-0.1, -0.05) is 0 Å². The first-order valence-electron chi connectivity index (χ1n) is 9.71. The van der Waals surface area contributed by atoms with Crippen LogP contribution in [0.5, 0.6) is 0 Å². The number of H-pyrrole nitrogens is 2. The Morgan fingerprint density at radius 1 is 1.03 bits per heavy atom. The van der Waals surface area contributed by atoms with E-state index < -0.39 is 17.6 Å². The summed E-state index contributed by atoms with van der Waals surface area (Å²) in [6.07, 6.45) is 1.40. The topological polar surface area (TPSA) is 86.4 Å². The van der Waals surface area contributed by atoms with Crippen LogP contribution in [0.2, 0.25) is 0 Å². The minimum Gasteiger partial charge on any atom is -0.355 e. The van der Waals surface area contributed by atoms with E-state index in [0.29, 0.717) is 17.2 Å². The molecule has 1 fully saturated rings. The number of imidazole rings is 2. The number of aromatic nitrogens is 6. The average Bonchev–Trinajstić information content (AvgIpc) is 3.43. The molecule has 0 bridgehead atoms.